The van der Waals surface area contributed by atoms with Crippen molar-refractivity contribution in [3.8, 4) is 5.75 Å². The van der Waals surface area contributed by atoms with Crippen LogP contribution < -0.4 is 4.74 Å². The van der Waals surface area contributed by atoms with Crippen LogP contribution in [0.2, 0.25) is 0 Å². The number of aromatic nitrogens is 1. The van der Waals surface area contributed by atoms with Crippen molar-refractivity contribution < 1.29 is 41.1 Å². The number of hydrogen-bond acceptors (Lipinski definition) is 6. The van der Waals surface area contributed by atoms with E-state index in [2.05, 4.69) is 14.5 Å². The fourth-order valence-electron chi connectivity index (χ4n) is 1.53. The van der Waals surface area contributed by atoms with Crippen molar-refractivity contribution in [2.24, 2.45) is 0 Å². The molecule has 1 aromatic rings. The summed E-state index contributed by atoms with van der Waals surface area (Å²) in [6.07, 6.45) is -9.61. The van der Waals surface area contributed by atoms with Gasteiger partial charge in [-0.05, 0) is 6.92 Å². The quantitative estimate of drug-likeness (QED) is 0.341. The van der Waals surface area contributed by atoms with Gasteiger partial charge in [-0.25, -0.2) is 13.8 Å². The van der Waals surface area contributed by atoms with Gasteiger partial charge in [-0.3, -0.25) is 14.9 Å². The predicted molar refractivity (Wildman–Crippen MR) is 62.9 cm³/mol. The first-order valence-electron chi connectivity index (χ1n) is 5.92. The molecule has 23 heavy (non-hydrogen) atoms. The average molecular weight is 344 g/mol. The Bertz CT molecular complexity index is 605. The molecule has 1 rings (SSSR count). The molecule has 0 unspecified atom stereocenters. The molecule has 0 saturated heterocycles. The van der Waals surface area contributed by atoms with E-state index in [1.165, 1.54) is 6.92 Å². The Labute approximate surface area is 125 Å². The SMILES string of the molecule is CCOC(=O)Cc1nc(C(F)F)c([N+](=O)[O-])cc1OC(F)(F)F. The maximum atomic E-state index is 12.8. The van der Waals surface area contributed by atoms with Crippen molar-refractivity contribution in [1.82, 2.24) is 4.98 Å². The lowest BCUT2D eigenvalue weighted by atomic mass is 10.2. The minimum atomic E-state index is -5.26. The van der Waals surface area contributed by atoms with Gasteiger partial charge in [-0.15, -0.1) is 13.2 Å². The molecule has 0 aliphatic heterocycles. The second kappa shape index (κ2) is 7.15. The van der Waals surface area contributed by atoms with Gasteiger partial charge in [0.2, 0.25) is 0 Å². The zero-order valence-electron chi connectivity index (χ0n) is 11.4. The molecule has 0 saturated carbocycles. The van der Waals surface area contributed by atoms with Crippen LogP contribution in [0.5, 0.6) is 5.75 Å². The molecule has 0 radical (unpaired) electrons. The lowest BCUT2D eigenvalue weighted by molar-refractivity contribution is -0.386. The summed E-state index contributed by atoms with van der Waals surface area (Å²) >= 11 is 0. The van der Waals surface area contributed by atoms with Crippen molar-refractivity contribution in [1.29, 1.82) is 0 Å². The summed E-state index contributed by atoms with van der Waals surface area (Å²) in [5.41, 5.74) is -3.57. The van der Waals surface area contributed by atoms with E-state index >= 15 is 0 Å². The Morgan fingerprint density at radius 1 is 1.43 bits per heavy atom. The normalized spacial score (nSPS) is 11.4. The minimum Gasteiger partial charge on any atom is -0.466 e. The van der Waals surface area contributed by atoms with Gasteiger partial charge < -0.3 is 9.47 Å². The highest BCUT2D eigenvalue weighted by molar-refractivity contribution is 5.73. The molecule has 7 nitrogen and oxygen atoms in total. The van der Waals surface area contributed by atoms with Crippen LogP contribution in [0.25, 0.3) is 0 Å². The molecule has 0 amide bonds. The topological polar surface area (TPSA) is 91.6 Å². The first-order valence-corrected chi connectivity index (χ1v) is 5.92. The lowest BCUT2D eigenvalue weighted by Crippen LogP contribution is -2.20. The molecule has 0 aromatic carbocycles. The Morgan fingerprint density at radius 2 is 2.04 bits per heavy atom. The van der Waals surface area contributed by atoms with Crippen molar-refractivity contribution in [3.63, 3.8) is 0 Å². The second-order valence-corrected chi connectivity index (χ2v) is 3.92. The monoisotopic (exact) mass is 344 g/mol. The van der Waals surface area contributed by atoms with Gasteiger partial charge in [0.05, 0.1) is 29.7 Å². The van der Waals surface area contributed by atoms with Gasteiger partial charge in [-0.1, -0.05) is 0 Å². The van der Waals surface area contributed by atoms with Crippen molar-refractivity contribution >= 4 is 11.7 Å². The largest absolute Gasteiger partial charge is 0.573 e. The van der Waals surface area contributed by atoms with E-state index in [1.807, 2.05) is 0 Å². The average Bonchev–Trinajstić information content (AvgIpc) is 2.38. The molecule has 1 heterocycles. The zero-order valence-corrected chi connectivity index (χ0v) is 11.4. The van der Waals surface area contributed by atoms with Gasteiger partial charge in [-0.2, -0.15) is 0 Å². The second-order valence-electron chi connectivity index (χ2n) is 3.92. The Morgan fingerprint density at radius 3 is 2.48 bits per heavy atom. The van der Waals surface area contributed by atoms with Gasteiger partial charge in [0.1, 0.15) is 0 Å². The molecule has 128 valence electrons. The van der Waals surface area contributed by atoms with Crippen LogP contribution >= 0.6 is 0 Å². The van der Waals surface area contributed by atoms with E-state index in [0.717, 1.165) is 0 Å². The molecule has 0 fully saturated rings. The van der Waals surface area contributed by atoms with Gasteiger partial charge >= 0.3 is 12.3 Å². The van der Waals surface area contributed by atoms with E-state index in [-0.39, 0.29) is 12.7 Å². The van der Waals surface area contributed by atoms with Crippen LogP contribution in [0.3, 0.4) is 0 Å². The van der Waals surface area contributed by atoms with Crippen LogP contribution in [0.1, 0.15) is 24.7 Å². The van der Waals surface area contributed by atoms with Crippen LogP contribution in [0, 0.1) is 10.1 Å². The molecule has 12 heteroatoms. The maximum Gasteiger partial charge on any atom is 0.573 e. The standard InChI is InChI=1S/C11H9F5N2O5/c1-2-22-8(19)3-5-7(23-11(14,15)16)4-6(18(20)21)9(17-5)10(12)13/h4,10H,2-3H2,1H3. The molecule has 0 N–H and O–H groups in total. The molecular formula is C11H9F5N2O5. The summed E-state index contributed by atoms with van der Waals surface area (Å²) in [6, 6.07) is 0.149. The summed E-state index contributed by atoms with van der Waals surface area (Å²) in [5.74, 6) is -2.28. The highest BCUT2D eigenvalue weighted by Gasteiger charge is 2.35. The molecule has 0 aliphatic rings. The third-order valence-corrected chi connectivity index (χ3v) is 2.32. The number of carbonyl (C=O) groups excluding carboxylic acids is 1. The first kappa shape index (κ1) is 18.5. The van der Waals surface area contributed by atoms with Gasteiger partial charge in [0, 0.05) is 0 Å². The van der Waals surface area contributed by atoms with Crippen LogP contribution in [-0.2, 0) is 16.0 Å². The fourth-order valence-corrected chi connectivity index (χ4v) is 1.53. The number of halogens is 5. The Balaban J connectivity index is 3.40. The predicted octanol–water partition coefficient (Wildman–Crippen LogP) is 2.93. The number of alkyl halides is 5. The third kappa shape index (κ3) is 5.30. The highest BCUT2D eigenvalue weighted by Crippen LogP contribution is 2.35. The molecule has 0 bridgehead atoms. The molecule has 0 aliphatic carbocycles. The Kier molecular flexibility index (Phi) is 5.76. The number of esters is 1. The summed E-state index contributed by atoms with van der Waals surface area (Å²) in [6.45, 7) is 1.31. The van der Waals surface area contributed by atoms with Crippen LogP contribution in [0.15, 0.2) is 6.07 Å². The number of nitro groups is 1. The molecular weight excluding hydrogens is 335 g/mol. The molecule has 0 spiro atoms. The first-order chi connectivity index (χ1) is 10.5. The lowest BCUT2D eigenvalue weighted by Gasteiger charge is -2.13. The Hall–Kier alpha value is -2.53. The minimum absolute atomic E-state index is 0.108. The third-order valence-electron chi connectivity index (χ3n) is 2.32. The number of rotatable bonds is 6. The molecule has 1 aromatic heterocycles. The number of nitrogens with zero attached hydrogens (tertiary/aromatic N) is 2. The van der Waals surface area contributed by atoms with Crippen molar-refractivity contribution in [3.05, 3.63) is 27.6 Å². The van der Waals surface area contributed by atoms with Gasteiger partial charge in [0.25, 0.3) is 12.1 Å². The van der Waals surface area contributed by atoms with E-state index in [9.17, 15) is 36.9 Å². The summed E-state index contributed by atoms with van der Waals surface area (Å²) in [4.78, 5) is 23.7. The zero-order chi connectivity index (χ0) is 17.8. The summed E-state index contributed by atoms with van der Waals surface area (Å²) in [7, 11) is 0. The van der Waals surface area contributed by atoms with E-state index in [4.69, 9.17) is 0 Å². The van der Waals surface area contributed by atoms with Crippen molar-refractivity contribution in [2.75, 3.05) is 6.61 Å². The van der Waals surface area contributed by atoms with E-state index < -0.39 is 52.9 Å². The summed E-state index contributed by atoms with van der Waals surface area (Å²) < 4.78 is 70.5. The highest BCUT2D eigenvalue weighted by atomic mass is 19.4. The number of hydrogen-bond donors (Lipinski definition) is 0. The van der Waals surface area contributed by atoms with Crippen LogP contribution in [-0.4, -0.2) is 28.8 Å². The molecule has 0 atom stereocenters. The van der Waals surface area contributed by atoms with Crippen LogP contribution in [0.4, 0.5) is 27.6 Å². The van der Waals surface area contributed by atoms with Gasteiger partial charge in [0.15, 0.2) is 11.4 Å². The number of carbonyl (C=O) groups is 1. The van der Waals surface area contributed by atoms with E-state index in [1.54, 1.807) is 0 Å². The maximum absolute atomic E-state index is 12.8. The fraction of sp³-hybridized carbons (Fsp3) is 0.455. The number of ether oxygens (including phenoxy) is 2. The summed E-state index contributed by atoms with van der Waals surface area (Å²) in [5, 5.41) is 10.7. The number of pyridine rings is 1. The van der Waals surface area contributed by atoms with Crippen molar-refractivity contribution in [2.45, 2.75) is 26.1 Å². The van der Waals surface area contributed by atoms with E-state index in [0.29, 0.717) is 0 Å². The smallest absolute Gasteiger partial charge is 0.466 e.